The van der Waals surface area contributed by atoms with Gasteiger partial charge in [0.15, 0.2) is 0 Å². The summed E-state index contributed by atoms with van der Waals surface area (Å²) in [5.41, 5.74) is 3.51. The summed E-state index contributed by atoms with van der Waals surface area (Å²) in [5, 5.41) is 5.67. The molecule has 6 nitrogen and oxygen atoms in total. The number of carbonyl (C=O) groups is 2. The van der Waals surface area contributed by atoms with E-state index in [1.54, 1.807) is 14.0 Å². The lowest BCUT2D eigenvalue weighted by molar-refractivity contribution is -0.130. The van der Waals surface area contributed by atoms with E-state index < -0.39 is 0 Å². The average molecular weight is 396 g/mol. The van der Waals surface area contributed by atoms with Crippen molar-refractivity contribution in [2.45, 2.75) is 52.1 Å². The maximum atomic E-state index is 12.3. The largest absolute Gasteiger partial charge is 0.496 e. The molecular weight excluding hydrogens is 366 g/mol. The van der Waals surface area contributed by atoms with Crippen LogP contribution in [0.3, 0.4) is 0 Å². The fraction of sp³-hybridized carbons (Fsp3) is 0.391. The van der Waals surface area contributed by atoms with Crippen molar-refractivity contribution in [1.29, 1.82) is 0 Å². The van der Waals surface area contributed by atoms with E-state index in [4.69, 9.17) is 4.74 Å². The summed E-state index contributed by atoms with van der Waals surface area (Å²) in [6.07, 6.45) is 2.17. The number of urea groups is 1. The van der Waals surface area contributed by atoms with E-state index in [9.17, 15) is 9.59 Å². The SMILES string of the molecule is COc1cc(NC(=O)Nc2ccc(CN(C(C)=O)C3CC3)cc2)ccc1C(C)C. The number of rotatable bonds is 7. The van der Waals surface area contributed by atoms with Crippen molar-refractivity contribution in [1.82, 2.24) is 4.90 Å². The van der Waals surface area contributed by atoms with Crippen LogP contribution in [0.15, 0.2) is 42.5 Å². The molecule has 0 atom stereocenters. The van der Waals surface area contributed by atoms with Gasteiger partial charge in [0.2, 0.25) is 5.91 Å². The summed E-state index contributed by atoms with van der Waals surface area (Å²) in [6.45, 7) is 6.42. The number of hydrogen-bond donors (Lipinski definition) is 2. The zero-order valence-electron chi connectivity index (χ0n) is 17.5. The van der Waals surface area contributed by atoms with E-state index in [0.717, 1.165) is 29.7 Å². The van der Waals surface area contributed by atoms with Crippen molar-refractivity contribution in [2.24, 2.45) is 0 Å². The first kappa shape index (κ1) is 20.7. The topological polar surface area (TPSA) is 70.7 Å². The maximum Gasteiger partial charge on any atom is 0.323 e. The van der Waals surface area contributed by atoms with E-state index in [1.807, 2.05) is 47.4 Å². The molecule has 1 aliphatic carbocycles. The summed E-state index contributed by atoms with van der Waals surface area (Å²) in [6, 6.07) is 13.3. The van der Waals surface area contributed by atoms with Crippen molar-refractivity contribution < 1.29 is 14.3 Å². The van der Waals surface area contributed by atoms with Gasteiger partial charge < -0.3 is 20.3 Å². The third kappa shape index (κ3) is 5.50. The van der Waals surface area contributed by atoms with E-state index in [0.29, 0.717) is 29.9 Å². The Morgan fingerprint density at radius 1 is 1.07 bits per heavy atom. The molecule has 0 aliphatic heterocycles. The van der Waals surface area contributed by atoms with E-state index in [1.165, 1.54) is 0 Å². The first-order chi connectivity index (χ1) is 13.9. The van der Waals surface area contributed by atoms with Gasteiger partial charge in [-0.3, -0.25) is 4.79 Å². The molecule has 2 aromatic rings. The Balaban J connectivity index is 1.58. The third-order valence-corrected chi connectivity index (χ3v) is 5.07. The van der Waals surface area contributed by atoms with Crippen molar-refractivity contribution in [2.75, 3.05) is 17.7 Å². The molecular formula is C23H29N3O3. The predicted molar refractivity (Wildman–Crippen MR) is 115 cm³/mol. The number of anilines is 2. The molecule has 0 bridgehead atoms. The number of nitrogens with zero attached hydrogens (tertiary/aromatic N) is 1. The number of ether oxygens (including phenoxy) is 1. The molecule has 0 heterocycles. The van der Waals surface area contributed by atoms with Crippen LogP contribution in [0.4, 0.5) is 16.2 Å². The zero-order valence-corrected chi connectivity index (χ0v) is 17.5. The standard InChI is InChI=1S/C23H29N3O3/c1-15(2)21-12-9-19(13-22(21)29-4)25-23(28)24-18-7-5-17(6-8-18)14-26(16(3)27)20-10-11-20/h5-9,12-13,15,20H,10-11,14H2,1-4H3,(H2,24,25,28). The Kier molecular flexibility index (Phi) is 6.42. The fourth-order valence-corrected chi connectivity index (χ4v) is 3.33. The highest BCUT2D eigenvalue weighted by atomic mass is 16.5. The number of amides is 3. The molecule has 0 unspecified atom stereocenters. The lowest BCUT2D eigenvalue weighted by atomic mass is 10.0. The van der Waals surface area contributed by atoms with Gasteiger partial charge >= 0.3 is 6.03 Å². The smallest absolute Gasteiger partial charge is 0.323 e. The Morgan fingerprint density at radius 3 is 2.24 bits per heavy atom. The van der Waals surface area contributed by atoms with Crippen LogP contribution in [0.5, 0.6) is 5.75 Å². The lowest BCUT2D eigenvalue weighted by Crippen LogP contribution is -2.30. The average Bonchev–Trinajstić information content (AvgIpc) is 3.51. The first-order valence-corrected chi connectivity index (χ1v) is 9.99. The van der Waals surface area contributed by atoms with Crippen LogP contribution in [0.1, 0.15) is 50.7 Å². The molecule has 1 fully saturated rings. The van der Waals surface area contributed by atoms with Crippen molar-refractivity contribution in [3.05, 3.63) is 53.6 Å². The number of carbonyl (C=O) groups excluding carboxylic acids is 2. The molecule has 29 heavy (non-hydrogen) atoms. The lowest BCUT2D eigenvalue weighted by Gasteiger charge is -2.20. The molecule has 1 saturated carbocycles. The van der Waals surface area contributed by atoms with Crippen LogP contribution >= 0.6 is 0 Å². The molecule has 3 amide bonds. The summed E-state index contributed by atoms with van der Waals surface area (Å²) in [7, 11) is 1.63. The molecule has 2 aromatic carbocycles. The van der Waals surface area contributed by atoms with E-state index >= 15 is 0 Å². The zero-order chi connectivity index (χ0) is 21.0. The quantitative estimate of drug-likeness (QED) is 0.695. The van der Waals surface area contributed by atoms with Gasteiger partial charge in [0.05, 0.1) is 7.11 Å². The Hall–Kier alpha value is -3.02. The van der Waals surface area contributed by atoms with E-state index in [2.05, 4.69) is 24.5 Å². The van der Waals surface area contributed by atoms with Crippen molar-refractivity contribution >= 4 is 23.3 Å². The van der Waals surface area contributed by atoms with Crippen LogP contribution in [0.2, 0.25) is 0 Å². The summed E-state index contributed by atoms with van der Waals surface area (Å²) in [5.74, 6) is 1.20. The minimum absolute atomic E-state index is 0.105. The predicted octanol–water partition coefficient (Wildman–Crippen LogP) is 4.97. The molecule has 0 aromatic heterocycles. The van der Waals surface area contributed by atoms with Gasteiger partial charge in [-0.2, -0.15) is 0 Å². The molecule has 154 valence electrons. The molecule has 0 spiro atoms. The van der Waals surface area contributed by atoms with E-state index in [-0.39, 0.29) is 11.9 Å². The number of nitrogens with one attached hydrogen (secondary N) is 2. The highest BCUT2D eigenvalue weighted by Crippen LogP contribution is 2.30. The molecule has 0 saturated heterocycles. The minimum atomic E-state index is -0.319. The summed E-state index contributed by atoms with van der Waals surface area (Å²) < 4.78 is 5.43. The van der Waals surface area contributed by atoms with Gasteiger partial charge in [-0.15, -0.1) is 0 Å². The van der Waals surface area contributed by atoms with Crippen LogP contribution < -0.4 is 15.4 Å². The summed E-state index contributed by atoms with van der Waals surface area (Å²) >= 11 is 0. The van der Waals surface area contributed by atoms with Gasteiger partial charge in [0.1, 0.15) is 5.75 Å². The highest BCUT2D eigenvalue weighted by molar-refractivity contribution is 5.99. The Morgan fingerprint density at radius 2 is 1.69 bits per heavy atom. The van der Waals surface area contributed by atoms with Crippen molar-refractivity contribution in [3.63, 3.8) is 0 Å². The summed E-state index contributed by atoms with van der Waals surface area (Å²) in [4.78, 5) is 26.0. The highest BCUT2D eigenvalue weighted by Gasteiger charge is 2.30. The first-order valence-electron chi connectivity index (χ1n) is 9.99. The molecule has 2 N–H and O–H groups in total. The van der Waals surface area contributed by atoms with Gasteiger partial charge in [0.25, 0.3) is 0 Å². The number of benzene rings is 2. The Bertz CT molecular complexity index is 873. The van der Waals surface area contributed by atoms with Crippen molar-refractivity contribution in [3.8, 4) is 5.75 Å². The van der Waals surface area contributed by atoms with Gasteiger partial charge in [0, 0.05) is 37.0 Å². The monoisotopic (exact) mass is 395 g/mol. The molecule has 1 aliphatic rings. The van der Waals surface area contributed by atoms with Gasteiger partial charge in [-0.25, -0.2) is 4.79 Å². The maximum absolute atomic E-state index is 12.3. The minimum Gasteiger partial charge on any atom is -0.496 e. The number of methoxy groups -OCH3 is 1. The second-order valence-electron chi connectivity index (χ2n) is 7.77. The normalized spacial score (nSPS) is 13.1. The van der Waals surface area contributed by atoms with Crippen LogP contribution in [0, 0.1) is 0 Å². The second kappa shape index (κ2) is 8.99. The second-order valence-corrected chi connectivity index (χ2v) is 7.77. The van der Waals surface area contributed by atoms with Crippen LogP contribution in [-0.4, -0.2) is 30.0 Å². The van der Waals surface area contributed by atoms with Gasteiger partial charge in [-0.05, 0) is 48.1 Å². The van der Waals surface area contributed by atoms with Gasteiger partial charge in [-0.1, -0.05) is 32.0 Å². The fourth-order valence-electron chi connectivity index (χ4n) is 3.33. The molecule has 0 radical (unpaired) electrons. The van der Waals surface area contributed by atoms with Crippen LogP contribution in [-0.2, 0) is 11.3 Å². The third-order valence-electron chi connectivity index (χ3n) is 5.07. The Labute approximate surface area is 172 Å². The van der Waals surface area contributed by atoms with Crippen LogP contribution in [0.25, 0.3) is 0 Å². The molecule has 6 heteroatoms. The molecule has 3 rings (SSSR count). The number of hydrogen-bond acceptors (Lipinski definition) is 3.